The van der Waals surface area contributed by atoms with Gasteiger partial charge in [-0.05, 0) is 43.5 Å². The van der Waals surface area contributed by atoms with E-state index < -0.39 is 5.60 Å². The lowest BCUT2D eigenvalue weighted by molar-refractivity contribution is -0.132. The molecule has 1 aromatic carbocycles. The van der Waals surface area contributed by atoms with Crippen molar-refractivity contribution in [3.05, 3.63) is 41.7 Å². The Balaban J connectivity index is 1.98. The molecule has 1 N–H and O–H groups in total. The third kappa shape index (κ3) is 3.89. The van der Waals surface area contributed by atoms with Crippen LogP contribution in [0.4, 0.5) is 4.39 Å². The lowest BCUT2D eigenvalue weighted by Crippen LogP contribution is -2.48. The molecular weight excluding hydrogens is 245 g/mol. The number of carbonyl (C=O) groups excluding carboxylic acids is 1. The number of carbonyl (C=O) groups is 1. The molecule has 4 heteroatoms. The Morgan fingerprint density at radius 1 is 1.42 bits per heavy atom. The van der Waals surface area contributed by atoms with Crippen LogP contribution >= 0.6 is 0 Å². The third-order valence-corrected chi connectivity index (χ3v) is 3.27. The maximum absolute atomic E-state index is 12.7. The Morgan fingerprint density at radius 2 is 2.11 bits per heavy atom. The number of β-amino-alcohol motifs (C(OH)–C–C–N with tert-alkyl or cyclic N) is 1. The molecule has 0 saturated carbocycles. The number of halogens is 1. The molecule has 1 aromatic rings. The number of benzene rings is 1. The van der Waals surface area contributed by atoms with Crippen molar-refractivity contribution < 1.29 is 14.3 Å². The molecule has 1 aliphatic rings. The second-order valence-electron chi connectivity index (χ2n) is 5.25. The van der Waals surface area contributed by atoms with Gasteiger partial charge in [-0.2, -0.15) is 0 Å². The normalized spacial score (nSPS) is 23.8. The van der Waals surface area contributed by atoms with Crippen LogP contribution in [0.3, 0.4) is 0 Å². The molecule has 1 amide bonds. The van der Waals surface area contributed by atoms with Crippen LogP contribution < -0.4 is 0 Å². The van der Waals surface area contributed by atoms with Gasteiger partial charge in [-0.25, -0.2) is 4.39 Å². The SMILES string of the molecule is CC1(O)CCCN(C(=O)/C=C/c2ccc(F)cc2)C1. The minimum Gasteiger partial charge on any atom is -0.388 e. The van der Waals surface area contributed by atoms with E-state index in [9.17, 15) is 14.3 Å². The van der Waals surface area contributed by atoms with E-state index in [0.29, 0.717) is 13.1 Å². The zero-order valence-electron chi connectivity index (χ0n) is 11.0. The molecule has 1 saturated heterocycles. The first kappa shape index (κ1) is 13.7. The quantitative estimate of drug-likeness (QED) is 0.831. The van der Waals surface area contributed by atoms with Gasteiger partial charge in [0.2, 0.25) is 5.91 Å². The predicted molar refractivity (Wildman–Crippen MR) is 71.9 cm³/mol. The van der Waals surface area contributed by atoms with Crippen molar-refractivity contribution in [3.8, 4) is 0 Å². The Hall–Kier alpha value is -1.68. The van der Waals surface area contributed by atoms with Gasteiger partial charge >= 0.3 is 0 Å². The van der Waals surface area contributed by atoms with Gasteiger partial charge in [0.15, 0.2) is 0 Å². The molecule has 102 valence electrons. The fourth-order valence-corrected chi connectivity index (χ4v) is 2.25. The fourth-order valence-electron chi connectivity index (χ4n) is 2.25. The molecule has 1 aliphatic heterocycles. The number of nitrogens with zero attached hydrogens (tertiary/aromatic N) is 1. The lowest BCUT2D eigenvalue weighted by Gasteiger charge is -2.36. The summed E-state index contributed by atoms with van der Waals surface area (Å²) < 4.78 is 12.7. The molecule has 0 aromatic heterocycles. The lowest BCUT2D eigenvalue weighted by atomic mass is 9.95. The van der Waals surface area contributed by atoms with Gasteiger partial charge in [-0.3, -0.25) is 4.79 Å². The van der Waals surface area contributed by atoms with E-state index in [1.807, 2.05) is 0 Å². The number of amides is 1. The van der Waals surface area contributed by atoms with Gasteiger partial charge in [0.05, 0.1) is 5.60 Å². The Morgan fingerprint density at radius 3 is 2.74 bits per heavy atom. The molecule has 1 heterocycles. The summed E-state index contributed by atoms with van der Waals surface area (Å²) in [5.74, 6) is -0.417. The van der Waals surface area contributed by atoms with E-state index in [1.165, 1.54) is 18.2 Å². The Bertz CT molecular complexity index is 479. The molecular formula is C15H18FNO2. The largest absolute Gasteiger partial charge is 0.388 e. The predicted octanol–water partition coefficient (Wildman–Crippen LogP) is 2.21. The number of hydrogen-bond acceptors (Lipinski definition) is 2. The number of aliphatic hydroxyl groups is 1. The fraction of sp³-hybridized carbons (Fsp3) is 0.400. The molecule has 3 nitrogen and oxygen atoms in total. The maximum Gasteiger partial charge on any atom is 0.246 e. The molecule has 0 spiro atoms. The highest BCUT2D eigenvalue weighted by molar-refractivity contribution is 5.91. The van der Waals surface area contributed by atoms with Crippen LogP contribution in [0, 0.1) is 5.82 Å². The van der Waals surface area contributed by atoms with Gasteiger partial charge in [0.1, 0.15) is 5.82 Å². The van der Waals surface area contributed by atoms with Crippen LogP contribution in [0.5, 0.6) is 0 Å². The smallest absolute Gasteiger partial charge is 0.246 e. The van der Waals surface area contributed by atoms with Crippen molar-refractivity contribution >= 4 is 12.0 Å². The van der Waals surface area contributed by atoms with E-state index >= 15 is 0 Å². The van der Waals surface area contributed by atoms with E-state index in [4.69, 9.17) is 0 Å². The molecule has 2 rings (SSSR count). The van der Waals surface area contributed by atoms with Crippen molar-refractivity contribution in [1.29, 1.82) is 0 Å². The number of likely N-dealkylation sites (tertiary alicyclic amines) is 1. The summed E-state index contributed by atoms with van der Waals surface area (Å²) in [5, 5.41) is 9.95. The van der Waals surface area contributed by atoms with Crippen LogP contribution in [-0.2, 0) is 4.79 Å². The number of hydrogen-bond donors (Lipinski definition) is 1. The summed E-state index contributed by atoms with van der Waals surface area (Å²) in [6.45, 7) is 2.78. The summed E-state index contributed by atoms with van der Waals surface area (Å²) in [6, 6.07) is 5.95. The van der Waals surface area contributed by atoms with Gasteiger partial charge in [-0.15, -0.1) is 0 Å². The summed E-state index contributed by atoms with van der Waals surface area (Å²) >= 11 is 0. The monoisotopic (exact) mass is 263 g/mol. The standard InChI is InChI=1S/C15H18FNO2/c1-15(19)9-2-10-17(11-15)14(18)8-5-12-3-6-13(16)7-4-12/h3-8,19H,2,9-11H2,1H3/b8-5+. The highest BCUT2D eigenvalue weighted by Gasteiger charge is 2.29. The van der Waals surface area contributed by atoms with Gasteiger partial charge in [0, 0.05) is 19.2 Å². The van der Waals surface area contributed by atoms with Gasteiger partial charge in [0.25, 0.3) is 0 Å². The van der Waals surface area contributed by atoms with Gasteiger partial charge in [-0.1, -0.05) is 12.1 Å². The zero-order valence-corrected chi connectivity index (χ0v) is 11.0. The van der Waals surface area contributed by atoms with E-state index in [0.717, 1.165) is 18.4 Å². The molecule has 0 radical (unpaired) electrons. The van der Waals surface area contributed by atoms with E-state index in [-0.39, 0.29) is 11.7 Å². The van der Waals surface area contributed by atoms with Crippen molar-refractivity contribution in [2.24, 2.45) is 0 Å². The molecule has 1 fully saturated rings. The number of rotatable bonds is 2. The second kappa shape index (κ2) is 5.53. The van der Waals surface area contributed by atoms with E-state index in [2.05, 4.69) is 0 Å². The second-order valence-corrected chi connectivity index (χ2v) is 5.25. The van der Waals surface area contributed by atoms with Crippen LogP contribution in [0.15, 0.2) is 30.3 Å². The minimum absolute atomic E-state index is 0.121. The third-order valence-electron chi connectivity index (χ3n) is 3.27. The Kier molecular flexibility index (Phi) is 4.00. The first-order valence-corrected chi connectivity index (χ1v) is 6.41. The molecule has 0 bridgehead atoms. The topological polar surface area (TPSA) is 40.5 Å². The minimum atomic E-state index is -0.794. The molecule has 1 atom stereocenters. The summed E-state index contributed by atoms with van der Waals surface area (Å²) in [6.07, 6.45) is 4.65. The molecule has 19 heavy (non-hydrogen) atoms. The average molecular weight is 263 g/mol. The summed E-state index contributed by atoms with van der Waals surface area (Å²) in [7, 11) is 0. The first-order valence-electron chi connectivity index (χ1n) is 6.41. The van der Waals surface area contributed by atoms with Crippen molar-refractivity contribution in [2.75, 3.05) is 13.1 Å². The van der Waals surface area contributed by atoms with E-state index in [1.54, 1.807) is 30.0 Å². The van der Waals surface area contributed by atoms with Crippen molar-refractivity contribution in [2.45, 2.75) is 25.4 Å². The van der Waals surface area contributed by atoms with Gasteiger partial charge < -0.3 is 10.0 Å². The van der Waals surface area contributed by atoms with Crippen LogP contribution in [0.1, 0.15) is 25.3 Å². The van der Waals surface area contributed by atoms with Crippen molar-refractivity contribution in [1.82, 2.24) is 4.90 Å². The van der Waals surface area contributed by atoms with Crippen molar-refractivity contribution in [3.63, 3.8) is 0 Å². The average Bonchev–Trinajstić information content (AvgIpc) is 2.36. The highest BCUT2D eigenvalue weighted by Crippen LogP contribution is 2.20. The highest BCUT2D eigenvalue weighted by atomic mass is 19.1. The first-order chi connectivity index (χ1) is 8.96. The van der Waals surface area contributed by atoms with Crippen LogP contribution in [0.2, 0.25) is 0 Å². The summed E-state index contributed by atoms with van der Waals surface area (Å²) in [4.78, 5) is 13.6. The Labute approximate surface area is 112 Å². The molecule has 1 unspecified atom stereocenters. The number of piperidine rings is 1. The molecule has 0 aliphatic carbocycles. The maximum atomic E-state index is 12.7. The van der Waals surface area contributed by atoms with Crippen LogP contribution in [0.25, 0.3) is 6.08 Å². The summed E-state index contributed by atoms with van der Waals surface area (Å²) in [5.41, 5.74) is -0.0176. The van der Waals surface area contributed by atoms with Crippen LogP contribution in [-0.4, -0.2) is 34.6 Å². The zero-order chi connectivity index (χ0) is 13.9.